The maximum atomic E-state index is 13.6. The molecule has 0 spiro atoms. The van der Waals surface area contributed by atoms with Crippen LogP contribution >= 0.6 is 0 Å². The van der Waals surface area contributed by atoms with E-state index in [4.69, 9.17) is 0 Å². The van der Waals surface area contributed by atoms with Gasteiger partial charge in [0.1, 0.15) is 5.82 Å². The maximum Gasteiger partial charge on any atom is 0.123 e. The van der Waals surface area contributed by atoms with Crippen molar-refractivity contribution in [1.29, 1.82) is 0 Å². The zero-order valence-electron chi connectivity index (χ0n) is 13.7. The predicted octanol–water partition coefficient (Wildman–Crippen LogP) is 4.51. The summed E-state index contributed by atoms with van der Waals surface area (Å²) in [5, 5.41) is 3.40. The molecule has 1 N–H and O–H groups in total. The molecule has 1 aliphatic rings. The lowest BCUT2D eigenvalue weighted by Crippen LogP contribution is -2.35. The van der Waals surface area contributed by atoms with Gasteiger partial charge in [-0.3, -0.25) is 0 Å². The lowest BCUT2D eigenvalue weighted by molar-refractivity contribution is 0.377. The van der Waals surface area contributed by atoms with Gasteiger partial charge in [0.05, 0.1) is 0 Å². The van der Waals surface area contributed by atoms with Crippen molar-refractivity contribution in [2.45, 2.75) is 52.5 Å². The van der Waals surface area contributed by atoms with Crippen molar-refractivity contribution in [3.8, 4) is 0 Å². The van der Waals surface area contributed by atoms with Gasteiger partial charge in [0.25, 0.3) is 0 Å². The second-order valence-electron chi connectivity index (χ2n) is 6.20. The molecule has 118 valence electrons. The van der Waals surface area contributed by atoms with Gasteiger partial charge in [0.15, 0.2) is 0 Å². The number of rotatable bonds is 6. The summed E-state index contributed by atoms with van der Waals surface area (Å²) >= 11 is 0. The Labute approximate surface area is 128 Å². The first kappa shape index (κ1) is 16.3. The van der Waals surface area contributed by atoms with Gasteiger partial charge in [-0.2, -0.15) is 0 Å². The smallest absolute Gasteiger partial charge is 0.123 e. The number of nitrogens with zero attached hydrogens (tertiary/aromatic N) is 1. The minimum atomic E-state index is -0.139. The quantitative estimate of drug-likeness (QED) is 0.829. The molecule has 0 saturated carbocycles. The van der Waals surface area contributed by atoms with E-state index >= 15 is 0 Å². The van der Waals surface area contributed by atoms with Crippen LogP contribution in [0.3, 0.4) is 0 Å². The maximum absolute atomic E-state index is 13.6. The van der Waals surface area contributed by atoms with E-state index in [9.17, 15) is 4.39 Å². The van der Waals surface area contributed by atoms with Gasteiger partial charge < -0.3 is 10.2 Å². The Morgan fingerprint density at radius 3 is 2.62 bits per heavy atom. The van der Waals surface area contributed by atoms with Gasteiger partial charge in [0, 0.05) is 24.8 Å². The van der Waals surface area contributed by atoms with Crippen molar-refractivity contribution in [3.63, 3.8) is 0 Å². The number of anilines is 1. The third-order valence-corrected chi connectivity index (χ3v) is 4.62. The highest BCUT2D eigenvalue weighted by atomic mass is 19.1. The number of hydrogen-bond donors (Lipinski definition) is 1. The molecule has 3 heteroatoms. The van der Waals surface area contributed by atoms with Crippen molar-refractivity contribution in [2.24, 2.45) is 5.92 Å². The highest BCUT2D eigenvalue weighted by Gasteiger charge is 2.22. The molecule has 1 aromatic rings. The molecular formula is C18H29FN2. The molecule has 1 aliphatic heterocycles. The predicted molar refractivity (Wildman–Crippen MR) is 88.3 cm³/mol. The van der Waals surface area contributed by atoms with Crippen molar-refractivity contribution in [2.75, 3.05) is 24.5 Å². The average molecular weight is 292 g/mol. The minimum Gasteiger partial charge on any atom is -0.371 e. The van der Waals surface area contributed by atoms with Gasteiger partial charge in [-0.1, -0.05) is 26.7 Å². The molecule has 0 aromatic heterocycles. The molecule has 1 heterocycles. The first-order chi connectivity index (χ1) is 10.2. The summed E-state index contributed by atoms with van der Waals surface area (Å²) in [6.45, 7) is 9.57. The Hall–Kier alpha value is -1.09. The van der Waals surface area contributed by atoms with Crippen LogP contribution in [0.25, 0.3) is 0 Å². The minimum absolute atomic E-state index is 0.139. The van der Waals surface area contributed by atoms with Crippen LogP contribution in [0.1, 0.15) is 58.1 Å². The van der Waals surface area contributed by atoms with E-state index in [-0.39, 0.29) is 11.9 Å². The molecule has 2 rings (SSSR count). The van der Waals surface area contributed by atoms with E-state index in [2.05, 4.69) is 31.0 Å². The monoisotopic (exact) mass is 292 g/mol. The summed E-state index contributed by atoms with van der Waals surface area (Å²) in [4.78, 5) is 2.44. The molecule has 0 bridgehead atoms. The standard InChI is InChI=1S/C18H29FN2/c1-4-6-15-9-11-21(12-10-15)18-8-7-16(19)13-17(18)14(3)20-5-2/h7-8,13-15,20H,4-6,9-12H2,1-3H3. The fourth-order valence-corrected chi connectivity index (χ4v) is 3.45. The van der Waals surface area contributed by atoms with E-state index in [1.165, 1.54) is 31.4 Å². The van der Waals surface area contributed by atoms with E-state index in [0.717, 1.165) is 31.1 Å². The third kappa shape index (κ3) is 4.19. The molecular weight excluding hydrogens is 263 g/mol. The number of piperidine rings is 1. The molecule has 21 heavy (non-hydrogen) atoms. The first-order valence-electron chi connectivity index (χ1n) is 8.43. The molecule has 1 aromatic carbocycles. The topological polar surface area (TPSA) is 15.3 Å². The Morgan fingerprint density at radius 1 is 1.29 bits per heavy atom. The van der Waals surface area contributed by atoms with Crippen molar-refractivity contribution in [1.82, 2.24) is 5.32 Å². The van der Waals surface area contributed by atoms with Gasteiger partial charge in [-0.25, -0.2) is 4.39 Å². The van der Waals surface area contributed by atoms with Crippen LogP contribution in [-0.4, -0.2) is 19.6 Å². The van der Waals surface area contributed by atoms with Crippen LogP contribution in [0.5, 0.6) is 0 Å². The fourth-order valence-electron chi connectivity index (χ4n) is 3.45. The van der Waals surface area contributed by atoms with E-state index in [1.54, 1.807) is 12.1 Å². The van der Waals surface area contributed by atoms with Gasteiger partial charge in [-0.15, -0.1) is 0 Å². The molecule has 1 saturated heterocycles. The van der Waals surface area contributed by atoms with Crippen LogP contribution in [0, 0.1) is 11.7 Å². The highest BCUT2D eigenvalue weighted by molar-refractivity contribution is 5.55. The van der Waals surface area contributed by atoms with Crippen molar-refractivity contribution >= 4 is 5.69 Å². The fraction of sp³-hybridized carbons (Fsp3) is 0.667. The normalized spacial score (nSPS) is 18.0. The summed E-state index contributed by atoms with van der Waals surface area (Å²) in [5.41, 5.74) is 2.30. The van der Waals surface area contributed by atoms with E-state index in [0.29, 0.717) is 0 Å². The van der Waals surface area contributed by atoms with Gasteiger partial charge in [-0.05, 0) is 56.0 Å². The van der Waals surface area contributed by atoms with E-state index < -0.39 is 0 Å². The number of nitrogens with one attached hydrogen (secondary N) is 1. The van der Waals surface area contributed by atoms with Crippen LogP contribution in [0.4, 0.5) is 10.1 Å². The molecule has 0 aliphatic carbocycles. The van der Waals surface area contributed by atoms with Gasteiger partial charge in [0.2, 0.25) is 0 Å². The average Bonchev–Trinajstić information content (AvgIpc) is 2.49. The number of hydrogen-bond acceptors (Lipinski definition) is 2. The largest absolute Gasteiger partial charge is 0.371 e. The zero-order chi connectivity index (χ0) is 15.2. The molecule has 1 fully saturated rings. The van der Waals surface area contributed by atoms with Crippen LogP contribution in [-0.2, 0) is 0 Å². The second kappa shape index (κ2) is 7.79. The number of benzene rings is 1. The SMILES string of the molecule is CCCC1CCN(c2ccc(F)cc2C(C)NCC)CC1. The zero-order valence-corrected chi connectivity index (χ0v) is 13.7. The lowest BCUT2D eigenvalue weighted by Gasteiger charge is -2.35. The highest BCUT2D eigenvalue weighted by Crippen LogP contribution is 2.31. The van der Waals surface area contributed by atoms with Crippen molar-refractivity contribution in [3.05, 3.63) is 29.6 Å². The summed E-state index contributed by atoms with van der Waals surface area (Å²) < 4.78 is 13.6. The van der Waals surface area contributed by atoms with Crippen LogP contribution in [0.2, 0.25) is 0 Å². The van der Waals surface area contributed by atoms with Crippen LogP contribution in [0.15, 0.2) is 18.2 Å². The molecule has 0 radical (unpaired) electrons. The Kier molecular flexibility index (Phi) is 6.04. The van der Waals surface area contributed by atoms with Gasteiger partial charge >= 0.3 is 0 Å². The summed E-state index contributed by atoms with van der Waals surface area (Å²) in [6, 6.07) is 5.43. The molecule has 1 atom stereocenters. The lowest BCUT2D eigenvalue weighted by atomic mass is 9.91. The van der Waals surface area contributed by atoms with Crippen molar-refractivity contribution < 1.29 is 4.39 Å². The molecule has 0 amide bonds. The third-order valence-electron chi connectivity index (χ3n) is 4.62. The summed E-state index contributed by atoms with van der Waals surface area (Å²) in [7, 11) is 0. The summed E-state index contributed by atoms with van der Waals surface area (Å²) in [5.74, 6) is 0.737. The first-order valence-corrected chi connectivity index (χ1v) is 8.43. The van der Waals surface area contributed by atoms with E-state index in [1.807, 2.05) is 6.07 Å². The second-order valence-corrected chi connectivity index (χ2v) is 6.20. The number of halogens is 1. The summed E-state index contributed by atoms with van der Waals surface area (Å²) in [6.07, 6.45) is 5.16. The molecule has 1 unspecified atom stereocenters. The van der Waals surface area contributed by atoms with Crippen LogP contribution < -0.4 is 10.2 Å². The molecule has 2 nitrogen and oxygen atoms in total. The Morgan fingerprint density at radius 2 is 2.00 bits per heavy atom. The Balaban J connectivity index is 2.12. The Bertz CT molecular complexity index is 439.